The number of para-hydroxylation sites is 3. The molecule has 0 spiro atoms. The number of benzene rings is 11. The SMILES string of the molecule is CC1(C)c2cc(N(c3ccc4c(c3)C(C)(C)c3c5c(c6oc7ccccc7c6c3-4)-c3ccccc3C5(C)C)c3ccc4ccccc4c3)ccc2-c2c1cc(-c1ccc3c(c1)oc1ccccc13)c1oc3ccccc3c21. The van der Waals surface area contributed by atoms with Crippen molar-refractivity contribution in [3.8, 4) is 44.5 Å². The van der Waals surface area contributed by atoms with Crippen LogP contribution in [0.2, 0.25) is 0 Å². The summed E-state index contributed by atoms with van der Waals surface area (Å²) < 4.78 is 20.5. The third-order valence-corrected chi connectivity index (χ3v) is 18.4. The largest absolute Gasteiger partial charge is 0.456 e. The fourth-order valence-electron chi connectivity index (χ4n) is 14.8. The molecule has 77 heavy (non-hydrogen) atoms. The Kier molecular flexibility index (Phi) is 8.20. The summed E-state index contributed by atoms with van der Waals surface area (Å²) in [7, 11) is 0. The predicted molar refractivity (Wildman–Crippen MR) is 319 cm³/mol. The molecular formula is C73H51NO3. The minimum absolute atomic E-state index is 0.242. The monoisotopic (exact) mass is 989 g/mol. The molecule has 4 nitrogen and oxygen atoms in total. The van der Waals surface area contributed by atoms with Crippen LogP contribution in [0.4, 0.5) is 17.1 Å². The number of fused-ring (bicyclic) bond motifs is 23. The van der Waals surface area contributed by atoms with Gasteiger partial charge in [-0.05, 0) is 150 Å². The second kappa shape index (κ2) is 14.6. The Balaban J connectivity index is 0.876. The van der Waals surface area contributed by atoms with E-state index in [0.717, 1.165) is 88.6 Å². The molecule has 3 aromatic heterocycles. The molecule has 0 amide bonds. The van der Waals surface area contributed by atoms with E-state index in [4.69, 9.17) is 13.3 Å². The molecule has 0 aliphatic heterocycles. The summed E-state index contributed by atoms with van der Waals surface area (Å²) >= 11 is 0. The smallest absolute Gasteiger partial charge is 0.144 e. The van der Waals surface area contributed by atoms with Gasteiger partial charge in [0, 0.05) is 76.8 Å². The molecule has 3 heterocycles. The first-order chi connectivity index (χ1) is 37.4. The number of anilines is 3. The lowest BCUT2D eigenvalue weighted by molar-refractivity contribution is 0.600. The number of hydrogen-bond acceptors (Lipinski definition) is 4. The van der Waals surface area contributed by atoms with Gasteiger partial charge in [0.15, 0.2) is 0 Å². The molecule has 0 bridgehead atoms. The number of furan rings is 3. The Hall–Kier alpha value is -9.12. The molecule has 0 radical (unpaired) electrons. The zero-order valence-corrected chi connectivity index (χ0v) is 43.7. The minimum Gasteiger partial charge on any atom is -0.456 e. The molecule has 0 unspecified atom stereocenters. The number of rotatable bonds is 4. The van der Waals surface area contributed by atoms with E-state index in [2.05, 4.69) is 234 Å². The van der Waals surface area contributed by atoms with Crippen LogP contribution in [-0.2, 0) is 16.2 Å². The van der Waals surface area contributed by atoms with Crippen molar-refractivity contribution in [1.82, 2.24) is 0 Å². The van der Waals surface area contributed by atoms with Gasteiger partial charge in [0.05, 0.1) is 0 Å². The lowest BCUT2D eigenvalue weighted by atomic mass is 9.72. The summed E-state index contributed by atoms with van der Waals surface area (Å²) in [6.07, 6.45) is 0. The Labute approximate surface area is 445 Å². The maximum absolute atomic E-state index is 7.02. The van der Waals surface area contributed by atoms with Crippen LogP contribution in [-0.4, -0.2) is 0 Å². The molecule has 0 saturated heterocycles. The van der Waals surface area contributed by atoms with Gasteiger partial charge in [0.25, 0.3) is 0 Å². The lowest BCUT2D eigenvalue weighted by Crippen LogP contribution is -2.24. The van der Waals surface area contributed by atoms with E-state index in [9.17, 15) is 0 Å². The van der Waals surface area contributed by atoms with Gasteiger partial charge < -0.3 is 18.2 Å². The first-order valence-electron chi connectivity index (χ1n) is 27.1. The minimum atomic E-state index is -0.369. The van der Waals surface area contributed by atoms with E-state index in [1.165, 1.54) is 82.9 Å². The van der Waals surface area contributed by atoms with Crippen molar-refractivity contribution in [3.63, 3.8) is 0 Å². The van der Waals surface area contributed by atoms with Gasteiger partial charge in [-0.2, -0.15) is 0 Å². The van der Waals surface area contributed by atoms with Gasteiger partial charge in [-0.1, -0.05) is 169 Å². The zero-order valence-electron chi connectivity index (χ0n) is 43.7. The summed E-state index contributed by atoms with van der Waals surface area (Å²) in [5.74, 6) is 0. The lowest BCUT2D eigenvalue weighted by Gasteiger charge is -2.32. The molecule has 0 saturated carbocycles. The maximum atomic E-state index is 7.02. The Morgan fingerprint density at radius 3 is 1.57 bits per heavy atom. The summed E-state index contributed by atoms with van der Waals surface area (Å²) in [5, 5.41) is 9.31. The molecular weight excluding hydrogens is 939 g/mol. The second-order valence-electron chi connectivity index (χ2n) is 23.5. The fraction of sp³-hybridized carbons (Fsp3) is 0.123. The van der Waals surface area contributed by atoms with Gasteiger partial charge in [-0.3, -0.25) is 0 Å². The first-order valence-corrected chi connectivity index (χ1v) is 27.1. The molecule has 0 fully saturated rings. The highest BCUT2D eigenvalue weighted by atomic mass is 16.3. The van der Waals surface area contributed by atoms with E-state index in [-0.39, 0.29) is 16.2 Å². The van der Waals surface area contributed by atoms with Crippen LogP contribution in [0.1, 0.15) is 74.9 Å². The average molecular weight is 990 g/mol. The summed E-state index contributed by atoms with van der Waals surface area (Å²) in [4.78, 5) is 2.50. The van der Waals surface area contributed by atoms with Crippen molar-refractivity contribution in [3.05, 3.63) is 234 Å². The molecule has 3 aliphatic rings. The van der Waals surface area contributed by atoms with E-state index in [0.29, 0.717) is 0 Å². The van der Waals surface area contributed by atoms with Crippen LogP contribution in [0, 0.1) is 0 Å². The van der Waals surface area contributed by atoms with Crippen LogP contribution in [0.15, 0.2) is 213 Å². The van der Waals surface area contributed by atoms with Crippen LogP contribution in [0.25, 0.3) is 121 Å². The highest BCUT2D eigenvalue weighted by Crippen LogP contribution is 2.64. The molecule has 3 aliphatic carbocycles. The van der Waals surface area contributed by atoms with Gasteiger partial charge in [0.1, 0.15) is 33.5 Å². The summed E-state index contributed by atoms with van der Waals surface area (Å²) in [6, 6.07) is 73.6. The number of hydrogen-bond donors (Lipinski definition) is 0. The highest BCUT2D eigenvalue weighted by Gasteiger charge is 2.49. The second-order valence-corrected chi connectivity index (χ2v) is 23.5. The molecule has 366 valence electrons. The Morgan fingerprint density at radius 1 is 0.312 bits per heavy atom. The first kappa shape index (κ1) is 43.2. The molecule has 0 N–H and O–H groups in total. The molecule has 11 aromatic carbocycles. The average Bonchev–Trinajstić information content (AvgIpc) is 4.45. The standard InChI is InChI=1S/C73H51NO3/c1-71(2)55-37-44(30-33-49(55)62-57(71)39-53(69-64(62)51-21-11-15-25-59(51)76-69)42-28-32-47-46-19-10-14-24-58(46)75-61(47)36-42)74(43-29-27-40-17-7-8-18-41(40)35-43)45-31-34-50-56(38-45)73(5,6)67-63(50)65-52-22-12-16-26-60(52)77-70(65)66-48-20-9-13-23-54(48)72(3,4)68(66)67/h7-39H,1-6H3. The van der Waals surface area contributed by atoms with Crippen molar-refractivity contribution in [2.24, 2.45) is 0 Å². The quantitative estimate of drug-likeness (QED) is 0.176. The van der Waals surface area contributed by atoms with Crippen molar-refractivity contribution < 1.29 is 13.3 Å². The third-order valence-electron chi connectivity index (χ3n) is 18.4. The van der Waals surface area contributed by atoms with E-state index < -0.39 is 0 Å². The van der Waals surface area contributed by atoms with Crippen molar-refractivity contribution in [2.75, 3.05) is 4.90 Å². The van der Waals surface area contributed by atoms with Crippen molar-refractivity contribution in [2.45, 2.75) is 57.8 Å². The van der Waals surface area contributed by atoms with Gasteiger partial charge in [0.2, 0.25) is 0 Å². The van der Waals surface area contributed by atoms with Gasteiger partial charge in [-0.15, -0.1) is 0 Å². The Morgan fingerprint density at radius 2 is 0.831 bits per heavy atom. The van der Waals surface area contributed by atoms with Gasteiger partial charge in [-0.25, -0.2) is 0 Å². The predicted octanol–water partition coefficient (Wildman–Crippen LogP) is 20.6. The third kappa shape index (κ3) is 5.52. The molecule has 17 rings (SSSR count). The van der Waals surface area contributed by atoms with Crippen LogP contribution in [0.3, 0.4) is 0 Å². The van der Waals surface area contributed by atoms with Gasteiger partial charge >= 0.3 is 0 Å². The Bertz CT molecular complexity index is 4970. The molecule has 0 atom stereocenters. The van der Waals surface area contributed by atoms with Crippen LogP contribution >= 0.6 is 0 Å². The fourth-order valence-corrected chi connectivity index (χ4v) is 14.8. The topological polar surface area (TPSA) is 42.7 Å². The van der Waals surface area contributed by atoms with E-state index >= 15 is 0 Å². The van der Waals surface area contributed by atoms with Crippen LogP contribution in [0.5, 0.6) is 0 Å². The highest BCUT2D eigenvalue weighted by molar-refractivity contribution is 6.22. The van der Waals surface area contributed by atoms with Crippen molar-refractivity contribution in [1.29, 1.82) is 0 Å². The maximum Gasteiger partial charge on any atom is 0.144 e. The summed E-state index contributed by atoms with van der Waals surface area (Å²) in [5.41, 5.74) is 25.6. The number of nitrogens with zero attached hydrogens (tertiary/aromatic N) is 1. The summed E-state index contributed by atoms with van der Waals surface area (Å²) in [6.45, 7) is 14.5. The van der Waals surface area contributed by atoms with E-state index in [1.54, 1.807) is 0 Å². The molecule has 14 aromatic rings. The zero-order chi connectivity index (χ0) is 51.4. The van der Waals surface area contributed by atoms with Crippen LogP contribution < -0.4 is 4.90 Å². The normalized spacial score (nSPS) is 15.2. The van der Waals surface area contributed by atoms with Crippen molar-refractivity contribution >= 4 is 93.7 Å². The van der Waals surface area contributed by atoms with E-state index in [1.807, 2.05) is 12.1 Å². The molecule has 4 heteroatoms.